The van der Waals surface area contributed by atoms with Crippen LogP contribution in [0.5, 0.6) is 5.75 Å². The van der Waals surface area contributed by atoms with Crippen LogP contribution in [0.3, 0.4) is 0 Å². The van der Waals surface area contributed by atoms with Crippen molar-refractivity contribution in [2.24, 2.45) is 0 Å². The SMILES string of the molecule is C=C(OC(C)=O)/C(=C\C)c1nc(-c2ccccc2OC(C)=O)n(-c2ccccc2)n1. The maximum absolute atomic E-state index is 11.6. The summed E-state index contributed by atoms with van der Waals surface area (Å²) in [6.45, 7) is 8.23. The quantitative estimate of drug-likeness (QED) is 0.263. The molecule has 0 fully saturated rings. The molecule has 3 rings (SSSR count). The molecule has 1 heterocycles. The normalized spacial score (nSPS) is 11.1. The van der Waals surface area contributed by atoms with E-state index in [4.69, 9.17) is 9.47 Å². The number of esters is 2. The summed E-state index contributed by atoms with van der Waals surface area (Å²) in [4.78, 5) is 27.6. The highest BCUT2D eigenvalue weighted by Crippen LogP contribution is 2.32. The second-order valence-corrected chi connectivity index (χ2v) is 6.32. The number of para-hydroxylation sites is 2. The zero-order valence-corrected chi connectivity index (χ0v) is 17.0. The molecule has 0 saturated carbocycles. The van der Waals surface area contributed by atoms with E-state index < -0.39 is 11.9 Å². The predicted octanol–water partition coefficient (Wildman–Crippen LogP) is 4.34. The summed E-state index contributed by atoms with van der Waals surface area (Å²) in [6, 6.07) is 16.5. The first-order chi connectivity index (χ1) is 14.4. The fourth-order valence-electron chi connectivity index (χ4n) is 2.89. The standard InChI is InChI=1S/C23H21N3O4/c1-5-19(15(2)29-16(3)27)22-24-23(26(25-22)18-11-7-6-8-12-18)20-13-9-10-14-21(20)30-17(4)28/h5-14H,2H2,1,3-4H3/b19-5+. The fraction of sp³-hybridized carbons (Fsp3) is 0.130. The predicted molar refractivity (Wildman–Crippen MR) is 113 cm³/mol. The Kier molecular flexibility index (Phi) is 6.22. The van der Waals surface area contributed by atoms with Crippen molar-refractivity contribution in [2.75, 3.05) is 0 Å². The van der Waals surface area contributed by atoms with Crippen LogP contribution < -0.4 is 4.74 Å². The molecule has 0 amide bonds. The molecule has 2 aromatic carbocycles. The van der Waals surface area contributed by atoms with Gasteiger partial charge in [-0.05, 0) is 31.2 Å². The third kappa shape index (κ3) is 4.52. The lowest BCUT2D eigenvalue weighted by Crippen LogP contribution is -2.05. The molecule has 152 valence electrons. The van der Waals surface area contributed by atoms with Gasteiger partial charge in [0.1, 0.15) is 11.5 Å². The molecule has 0 aliphatic heterocycles. The topological polar surface area (TPSA) is 83.3 Å². The number of hydrogen-bond acceptors (Lipinski definition) is 6. The van der Waals surface area contributed by atoms with Gasteiger partial charge in [-0.2, -0.15) is 0 Å². The van der Waals surface area contributed by atoms with Crippen molar-refractivity contribution in [1.29, 1.82) is 0 Å². The molecule has 0 bridgehead atoms. The number of benzene rings is 2. The van der Waals surface area contributed by atoms with Crippen LogP contribution in [0.25, 0.3) is 22.6 Å². The fourth-order valence-corrected chi connectivity index (χ4v) is 2.89. The monoisotopic (exact) mass is 403 g/mol. The molecule has 3 aromatic rings. The molecule has 7 nitrogen and oxygen atoms in total. The highest BCUT2D eigenvalue weighted by Gasteiger charge is 2.21. The maximum Gasteiger partial charge on any atom is 0.308 e. The van der Waals surface area contributed by atoms with Crippen molar-refractivity contribution in [3.63, 3.8) is 0 Å². The highest BCUT2D eigenvalue weighted by atomic mass is 16.5. The molecule has 0 N–H and O–H groups in total. The summed E-state index contributed by atoms with van der Waals surface area (Å²) < 4.78 is 12.1. The Morgan fingerprint density at radius 3 is 2.30 bits per heavy atom. The Morgan fingerprint density at radius 2 is 1.67 bits per heavy atom. The third-order valence-electron chi connectivity index (χ3n) is 4.09. The van der Waals surface area contributed by atoms with Crippen LogP contribution in [0.4, 0.5) is 0 Å². The Morgan fingerprint density at radius 1 is 1.00 bits per heavy atom. The molecule has 0 unspecified atom stereocenters. The van der Waals surface area contributed by atoms with E-state index in [0.29, 0.717) is 28.5 Å². The van der Waals surface area contributed by atoms with Gasteiger partial charge in [0.05, 0.1) is 16.8 Å². The van der Waals surface area contributed by atoms with Crippen molar-refractivity contribution in [1.82, 2.24) is 14.8 Å². The summed E-state index contributed by atoms with van der Waals surface area (Å²) >= 11 is 0. The minimum absolute atomic E-state index is 0.148. The van der Waals surface area contributed by atoms with Gasteiger partial charge in [0.25, 0.3) is 0 Å². The largest absolute Gasteiger partial charge is 0.427 e. The number of ether oxygens (including phenoxy) is 2. The molecule has 0 aliphatic carbocycles. The van der Waals surface area contributed by atoms with E-state index in [-0.39, 0.29) is 5.76 Å². The van der Waals surface area contributed by atoms with Crippen molar-refractivity contribution >= 4 is 17.5 Å². The van der Waals surface area contributed by atoms with Gasteiger partial charge in [-0.25, -0.2) is 9.67 Å². The third-order valence-corrected chi connectivity index (χ3v) is 4.09. The molecule has 7 heteroatoms. The molecule has 1 aromatic heterocycles. The average molecular weight is 403 g/mol. The average Bonchev–Trinajstić information content (AvgIpc) is 3.13. The first-order valence-electron chi connectivity index (χ1n) is 9.25. The van der Waals surface area contributed by atoms with Crippen molar-refractivity contribution in [3.8, 4) is 22.8 Å². The van der Waals surface area contributed by atoms with E-state index in [0.717, 1.165) is 5.69 Å². The van der Waals surface area contributed by atoms with Crippen LogP contribution >= 0.6 is 0 Å². The summed E-state index contributed by atoms with van der Waals surface area (Å²) in [5.74, 6) is 0.369. The molecular formula is C23H21N3O4. The van der Waals surface area contributed by atoms with E-state index in [1.807, 2.05) is 36.4 Å². The molecule has 0 atom stereocenters. The van der Waals surface area contributed by atoms with Crippen LogP contribution in [0.1, 0.15) is 26.6 Å². The van der Waals surface area contributed by atoms with Crippen LogP contribution in [-0.4, -0.2) is 26.7 Å². The lowest BCUT2D eigenvalue weighted by molar-refractivity contribution is -0.136. The van der Waals surface area contributed by atoms with Gasteiger partial charge in [0.2, 0.25) is 0 Å². The van der Waals surface area contributed by atoms with Crippen LogP contribution in [0, 0.1) is 0 Å². The number of carbonyl (C=O) groups is 2. The molecule has 0 radical (unpaired) electrons. The first kappa shape index (κ1) is 20.7. The number of aromatic nitrogens is 3. The van der Waals surface area contributed by atoms with Gasteiger partial charge in [0, 0.05) is 13.8 Å². The van der Waals surface area contributed by atoms with Gasteiger partial charge in [-0.3, -0.25) is 9.59 Å². The smallest absolute Gasteiger partial charge is 0.308 e. The second-order valence-electron chi connectivity index (χ2n) is 6.32. The minimum Gasteiger partial charge on any atom is -0.427 e. The van der Waals surface area contributed by atoms with E-state index in [1.54, 1.807) is 35.9 Å². The number of allylic oxidation sites excluding steroid dienone is 2. The van der Waals surface area contributed by atoms with Gasteiger partial charge < -0.3 is 9.47 Å². The van der Waals surface area contributed by atoms with Gasteiger partial charge in [0.15, 0.2) is 11.6 Å². The molecule has 0 aliphatic rings. The molecule has 0 saturated heterocycles. The summed E-state index contributed by atoms with van der Waals surface area (Å²) in [5, 5.41) is 4.62. The van der Waals surface area contributed by atoms with E-state index in [1.165, 1.54) is 13.8 Å². The van der Waals surface area contributed by atoms with Crippen LogP contribution in [-0.2, 0) is 14.3 Å². The van der Waals surface area contributed by atoms with Crippen molar-refractivity contribution < 1.29 is 19.1 Å². The van der Waals surface area contributed by atoms with Crippen LogP contribution in [0.15, 0.2) is 73.0 Å². The highest BCUT2D eigenvalue weighted by molar-refractivity contribution is 5.79. The molecule has 30 heavy (non-hydrogen) atoms. The lowest BCUT2D eigenvalue weighted by atomic mass is 10.1. The number of nitrogens with zero attached hydrogens (tertiary/aromatic N) is 3. The van der Waals surface area contributed by atoms with Crippen molar-refractivity contribution in [2.45, 2.75) is 20.8 Å². The van der Waals surface area contributed by atoms with Crippen molar-refractivity contribution in [3.05, 3.63) is 78.8 Å². The lowest BCUT2D eigenvalue weighted by Gasteiger charge is -2.09. The Labute approximate surface area is 174 Å². The summed E-state index contributed by atoms with van der Waals surface area (Å²) in [7, 11) is 0. The Hall–Kier alpha value is -4.00. The molecule has 0 spiro atoms. The Bertz CT molecular complexity index is 1130. The van der Waals surface area contributed by atoms with E-state index in [9.17, 15) is 9.59 Å². The zero-order valence-electron chi connectivity index (χ0n) is 17.0. The van der Waals surface area contributed by atoms with E-state index >= 15 is 0 Å². The number of carbonyl (C=O) groups excluding carboxylic acids is 2. The number of hydrogen-bond donors (Lipinski definition) is 0. The van der Waals surface area contributed by atoms with Crippen LogP contribution in [0.2, 0.25) is 0 Å². The van der Waals surface area contributed by atoms with Gasteiger partial charge in [-0.15, -0.1) is 5.10 Å². The minimum atomic E-state index is -0.484. The van der Waals surface area contributed by atoms with Gasteiger partial charge >= 0.3 is 11.9 Å². The number of rotatable bonds is 6. The first-order valence-corrected chi connectivity index (χ1v) is 9.25. The second kappa shape index (κ2) is 9.00. The maximum atomic E-state index is 11.6. The molecular weight excluding hydrogens is 382 g/mol. The summed E-state index contributed by atoms with van der Waals surface area (Å²) in [5.41, 5.74) is 1.83. The van der Waals surface area contributed by atoms with Gasteiger partial charge in [-0.1, -0.05) is 43.0 Å². The Balaban J connectivity index is 2.19. The zero-order chi connectivity index (χ0) is 21.7. The summed E-state index contributed by atoms with van der Waals surface area (Å²) in [6.07, 6.45) is 1.72. The van der Waals surface area contributed by atoms with E-state index in [2.05, 4.69) is 16.7 Å².